The smallest absolute Gasteiger partial charge is 0.333 e. The molecule has 0 N–H and O–H groups in total. The fourth-order valence-corrected chi connectivity index (χ4v) is 3.25. The first-order valence-electron chi connectivity index (χ1n) is 6.76. The first-order chi connectivity index (χ1) is 9.24. The summed E-state index contributed by atoms with van der Waals surface area (Å²) < 4.78 is 4.75. The van der Waals surface area contributed by atoms with Gasteiger partial charge in [-0.1, -0.05) is 19.1 Å². The molecule has 1 aliphatic carbocycles. The van der Waals surface area contributed by atoms with Crippen LogP contribution in [0.5, 0.6) is 0 Å². The van der Waals surface area contributed by atoms with Crippen molar-refractivity contribution < 1.29 is 9.53 Å². The molecule has 0 saturated heterocycles. The van der Waals surface area contributed by atoms with Gasteiger partial charge in [0.25, 0.3) is 0 Å². The Labute approximate surface area is 119 Å². The van der Waals surface area contributed by atoms with E-state index < -0.39 is 0 Å². The molecule has 19 heavy (non-hydrogen) atoms. The second-order valence-corrected chi connectivity index (χ2v) is 5.76. The van der Waals surface area contributed by atoms with E-state index >= 15 is 0 Å². The maximum absolute atomic E-state index is 11.4. The quantitative estimate of drug-likeness (QED) is 0.465. The number of aryl methyl sites for hydroxylation is 2. The first-order valence-corrected chi connectivity index (χ1v) is 7.75. The number of thioether (sulfide) groups is 1. The van der Waals surface area contributed by atoms with Crippen LogP contribution in [0.3, 0.4) is 0 Å². The van der Waals surface area contributed by atoms with Crippen LogP contribution in [0.15, 0.2) is 34.7 Å². The van der Waals surface area contributed by atoms with Crippen LogP contribution in [0.2, 0.25) is 0 Å². The summed E-state index contributed by atoms with van der Waals surface area (Å²) >= 11 is 1.77. The van der Waals surface area contributed by atoms with Gasteiger partial charge in [0.2, 0.25) is 0 Å². The van der Waals surface area contributed by atoms with Gasteiger partial charge in [0.15, 0.2) is 0 Å². The zero-order chi connectivity index (χ0) is 13.7. The predicted octanol–water partition coefficient (Wildman–Crippen LogP) is 3.78. The van der Waals surface area contributed by atoms with Crippen LogP contribution >= 0.6 is 11.8 Å². The summed E-state index contributed by atoms with van der Waals surface area (Å²) in [5.41, 5.74) is 3.76. The molecule has 0 amide bonds. The van der Waals surface area contributed by atoms with E-state index in [1.807, 2.05) is 13.0 Å². The highest BCUT2D eigenvalue weighted by Gasteiger charge is 2.11. The third-order valence-electron chi connectivity index (χ3n) is 3.48. The average molecular weight is 276 g/mol. The molecule has 0 aromatic heterocycles. The Hall–Kier alpha value is -1.22. The Kier molecular flexibility index (Phi) is 5.08. The third-order valence-corrected chi connectivity index (χ3v) is 4.40. The van der Waals surface area contributed by atoms with Crippen LogP contribution in [0.4, 0.5) is 0 Å². The molecule has 0 unspecified atom stereocenters. The molecule has 1 aliphatic rings. The molecule has 2 nitrogen and oxygen atoms in total. The zero-order valence-electron chi connectivity index (χ0n) is 11.6. The van der Waals surface area contributed by atoms with Crippen molar-refractivity contribution >= 4 is 17.7 Å². The minimum Gasteiger partial charge on any atom is -0.466 e. The van der Waals surface area contributed by atoms with Gasteiger partial charge >= 0.3 is 5.97 Å². The Morgan fingerprint density at radius 3 is 2.89 bits per heavy atom. The van der Waals surface area contributed by atoms with Crippen LogP contribution in [0, 0.1) is 0 Å². The number of fused-ring (bicyclic) bond motifs is 1. The fourth-order valence-electron chi connectivity index (χ4n) is 2.38. The molecule has 1 aromatic rings. The third kappa shape index (κ3) is 3.63. The van der Waals surface area contributed by atoms with Crippen LogP contribution in [-0.4, -0.2) is 18.8 Å². The highest BCUT2D eigenvalue weighted by atomic mass is 32.2. The Morgan fingerprint density at radius 1 is 1.37 bits per heavy atom. The van der Waals surface area contributed by atoms with Crippen molar-refractivity contribution in [3.63, 3.8) is 0 Å². The summed E-state index contributed by atoms with van der Waals surface area (Å²) in [7, 11) is 1.43. The lowest BCUT2D eigenvalue weighted by Crippen LogP contribution is -2.04. The summed E-state index contributed by atoms with van der Waals surface area (Å²) in [6.07, 6.45) is 6.41. The molecule has 0 spiro atoms. The number of carbonyl (C=O) groups excluding carboxylic acids is 1. The minimum atomic E-state index is -0.211. The van der Waals surface area contributed by atoms with Crippen LogP contribution in [0.1, 0.15) is 30.9 Å². The molecule has 2 rings (SSSR count). The van der Waals surface area contributed by atoms with Crippen molar-refractivity contribution in [2.75, 3.05) is 12.9 Å². The van der Waals surface area contributed by atoms with Crippen LogP contribution in [-0.2, 0) is 22.4 Å². The Morgan fingerprint density at radius 2 is 2.16 bits per heavy atom. The van der Waals surface area contributed by atoms with E-state index in [0.717, 1.165) is 17.7 Å². The Bertz CT molecular complexity index is 492. The lowest BCUT2D eigenvalue weighted by molar-refractivity contribution is -0.136. The number of ether oxygens (including phenoxy) is 1. The van der Waals surface area contributed by atoms with Crippen LogP contribution < -0.4 is 0 Å². The minimum absolute atomic E-state index is 0.211. The highest BCUT2D eigenvalue weighted by Crippen LogP contribution is 2.27. The monoisotopic (exact) mass is 276 g/mol. The fraction of sp³-hybridized carbons (Fsp3) is 0.438. The van der Waals surface area contributed by atoms with Crippen molar-refractivity contribution in [2.45, 2.75) is 37.5 Å². The molecule has 0 bridgehead atoms. The number of esters is 1. The maximum Gasteiger partial charge on any atom is 0.333 e. The van der Waals surface area contributed by atoms with Gasteiger partial charge in [0.05, 0.1) is 7.11 Å². The molecule has 0 heterocycles. The lowest BCUT2D eigenvalue weighted by atomic mass is 10.1. The molecule has 0 aliphatic heterocycles. The van der Waals surface area contributed by atoms with Crippen molar-refractivity contribution in [3.8, 4) is 0 Å². The number of hydrogen-bond acceptors (Lipinski definition) is 3. The van der Waals surface area contributed by atoms with Gasteiger partial charge in [-0.05, 0) is 48.9 Å². The lowest BCUT2D eigenvalue weighted by Gasteiger charge is -2.04. The number of hydrogen-bond donors (Lipinski definition) is 0. The van der Waals surface area contributed by atoms with Gasteiger partial charge in [-0.15, -0.1) is 11.8 Å². The van der Waals surface area contributed by atoms with E-state index in [1.54, 1.807) is 11.8 Å². The second-order valence-electron chi connectivity index (χ2n) is 4.67. The van der Waals surface area contributed by atoms with E-state index in [1.165, 1.54) is 42.4 Å². The summed E-state index contributed by atoms with van der Waals surface area (Å²) in [6.45, 7) is 1.98. The number of carbonyl (C=O) groups is 1. The Balaban J connectivity index is 1.95. The van der Waals surface area contributed by atoms with Gasteiger partial charge in [-0.3, -0.25) is 0 Å². The summed E-state index contributed by atoms with van der Waals surface area (Å²) in [5.74, 6) is 0.605. The standard InChI is InChI=1S/C16H20O2S/c1-3-12(16(17)18-2)9-10-19-15-8-7-13-5-4-6-14(13)11-15/h7-9,11H,3-6,10H2,1-2H3. The zero-order valence-corrected chi connectivity index (χ0v) is 12.4. The molecular formula is C16H20O2S. The number of methoxy groups -OCH3 is 1. The molecule has 0 radical (unpaired) electrons. The highest BCUT2D eigenvalue weighted by molar-refractivity contribution is 7.99. The summed E-state index contributed by atoms with van der Waals surface area (Å²) in [6, 6.07) is 6.73. The second kappa shape index (κ2) is 6.80. The summed E-state index contributed by atoms with van der Waals surface area (Å²) in [4.78, 5) is 12.7. The molecule has 1 aromatic carbocycles. The van der Waals surface area contributed by atoms with Gasteiger partial charge in [-0.25, -0.2) is 4.79 Å². The number of benzene rings is 1. The molecule has 3 heteroatoms. The van der Waals surface area contributed by atoms with Crippen molar-refractivity contribution in [2.24, 2.45) is 0 Å². The first kappa shape index (κ1) is 14.2. The topological polar surface area (TPSA) is 26.3 Å². The maximum atomic E-state index is 11.4. The van der Waals surface area contributed by atoms with E-state index in [0.29, 0.717) is 0 Å². The van der Waals surface area contributed by atoms with Gasteiger partial charge in [0.1, 0.15) is 0 Å². The molecule has 0 saturated carbocycles. The van der Waals surface area contributed by atoms with Gasteiger partial charge in [0, 0.05) is 16.2 Å². The van der Waals surface area contributed by atoms with E-state index in [-0.39, 0.29) is 5.97 Å². The van der Waals surface area contributed by atoms with Crippen molar-refractivity contribution in [1.82, 2.24) is 0 Å². The molecule has 102 valence electrons. The predicted molar refractivity (Wildman–Crippen MR) is 79.6 cm³/mol. The van der Waals surface area contributed by atoms with E-state index in [2.05, 4.69) is 18.2 Å². The average Bonchev–Trinajstić information content (AvgIpc) is 2.90. The van der Waals surface area contributed by atoms with Crippen molar-refractivity contribution in [1.29, 1.82) is 0 Å². The van der Waals surface area contributed by atoms with E-state index in [4.69, 9.17) is 4.74 Å². The van der Waals surface area contributed by atoms with E-state index in [9.17, 15) is 4.79 Å². The SMILES string of the molecule is CCC(=CCSc1ccc2c(c1)CCC2)C(=O)OC. The molecule has 0 atom stereocenters. The van der Waals surface area contributed by atoms with Gasteiger partial charge in [-0.2, -0.15) is 0 Å². The summed E-state index contributed by atoms with van der Waals surface area (Å²) in [5, 5.41) is 0. The van der Waals surface area contributed by atoms with Crippen LogP contribution in [0.25, 0.3) is 0 Å². The molecule has 0 fully saturated rings. The largest absolute Gasteiger partial charge is 0.466 e. The van der Waals surface area contributed by atoms with Crippen molar-refractivity contribution in [3.05, 3.63) is 41.0 Å². The normalized spacial score (nSPS) is 14.3. The van der Waals surface area contributed by atoms with Gasteiger partial charge < -0.3 is 4.74 Å². The molecular weight excluding hydrogens is 256 g/mol. The number of rotatable bonds is 5.